The van der Waals surface area contributed by atoms with Crippen molar-refractivity contribution in [2.24, 2.45) is 0 Å². The zero-order chi connectivity index (χ0) is 9.84. The van der Waals surface area contributed by atoms with Gasteiger partial charge < -0.3 is 10.2 Å². The number of aromatic hydroxyl groups is 1. The summed E-state index contributed by atoms with van der Waals surface area (Å²) in [6.45, 7) is 0. The first-order valence-corrected chi connectivity index (χ1v) is 3.43. The van der Waals surface area contributed by atoms with E-state index in [2.05, 4.69) is 0 Å². The van der Waals surface area contributed by atoms with E-state index < -0.39 is 12.0 Å². The lowest BCUT2D eigenvalue weighted by atomic mass is 10.2. The van der Waals surface area contributed by atoms with Gasteiger partial charge in [0.2, 0.25) is 0 Å². The first-order chi connectivity index (χ1) is 6.09. The number of hydrogen-bond donors (Lipinski definition) is 3. The van der Waals surface area contributed by atoms with Crippen molar-refractivity contribution in [1.82, 2.24) is 5.32 Å². The number of imide groups is 1. The van der Waals surface area contributed by atoms with E-state index in [0.717, 1.165) is 0 Å². The molecule has 0 aromatic heterocycles. The van der Waals surface area contributed by atoms with Gasteiger partial charge in [0.15, 0.2) is 0 Å². The van der Waals surface area contributed by atoms with Crippen molar-refractivity contribution < 1.29 is 19.8 Å². The monoisotopic (exact) mass is 181 g/mol. The molecule has 68 valence electrons. The third kappa shape index (κ3) is 2.48. The molecule has 0 heterocycles. The molecule has 13 heavy (non-hydrogen) atoms. The molecule has 0 radical (unpaired) electrons. The lowest BCUT2D eigenvalue weighted by Crippen LogP contribution is -2.28. The highest BCUT2D eigenvalue weighted by Gasteiger charge is 2.07. The van der Waals surface area contributed by atoms with E-state index in [-0.39, 0.29) is 11.3 Å². The molecule has 0 aliphatic carbocycles. The van der Waals surface area contributed by atoms with Crippen molar-refractivity contribution >= 4 is 12.0 Å². The quantitative estimate of drug-likeness (QED) is 0.598. The smallest absolute Gasteiger partial charge is 0.411 e. The molecule has 0 bridgehead atoms. The molecule has 2 amide bonds. The molecule has 0 unspecified atom stereocenters. The molecule has 0 aliphatic heterocycles. The second-order valence-corrected chi connectivity index (χ2v) is 2.31. The van der Waals surface area contributed by atoms with E-state index in [4.69, 9.17) is 10.2 Å². The molecule has 0 fully saturated rings. The van der Waals surface area contributed by atoms with Crippen LogP contribution in [0.3, 0.4) is 0 Å². The molecule has 0 aliphatic rings. The Kier molecular flexibility index (Phi) is 2.49. The van der Waals surface area contributed by atoms with Crippen molar-refractivity contribution in [1.29, 1.82) is 0 Å². The molecule has 1 aromatic rings. The Bertz CT molecular complexity index is 331. The van der Waals surface area contributed by atoms with Crippen molar-refractivity contribution in [3.05, 3.63) is 29.8 Å². The van der Waals surface area contributed by atoms with Crippen molar-refractivity contribution in [3.8, 4) is 5.75 Å². The number of nitrogens with one attached hydrogen (secondary N) is 1. The normalized spacial score (nSPS) is 9.23. The minimum absolute atomic E-state index is 0.0203. The van der Waals surface area contributed by atoms with Gasteiger partial charge in [-0.15, -0.1) is 0 Å². The fourth-order valence-corrected chi connectivity index (χ4v) is 0.782. The average molecular weight is 181 g/mol. The highest BCUT2D eigenvalue weighted by atomic mass is 16.4. The third-order valence-corrected chi connectivity index (χ3v) is 1.35. The topological polar surface area (TPSA) is 86.6 Å². The van der Waals surface area contributed by atoms with Crippen molar-refractivity contribution in [2.45, 2.75) is 0 Å². The van der Waals surface area contributed by atoms with Gasteiger partial charge in [-0.25, -0.2) is 4.79 Å². The number of phenolic OH excluding ortho intramolecular Hbond substituents is 1. The van der Waals surface area contributed by atoms with E-state index in [1.54, 1.807) is 5.32 Å². The molecule has 1 aromatic carbocycles. The van der Waals surface area contributed by atoms with Crippen LogP contribution in [0.15, 0.2) is 24.3 Å². The summed E-state index contributed by atoms with van der Waals surface area (Å²) in [6, 6.07) is 5.26. The summed E-state index contributed by atoms with van der Waals surface area (Å²) in [5.74, 6) is -0.695. The molecule has 5 heteroatoms. The van der Waals surface area contributed by atoms with Crippen LogP contribution in [0.2, 0.25) is 0 Å². The Morgan fingerprint density at radius 1 is 1.15 bits per heavy atom. The number of rotatable bonds is 1. The fourth-order valence-electron chi connectivity index (χ4n) is 0.782. The molecule has 5 nitrogen and oxygen atoms in total. The van der Waals surface area contributed by atoms with Crippen LogP contribution in [0.1, 0.15) is 10.4 Å². The Morgan fingerprint density at radius 3 is 2.15 bits per heavy atom. The first-order valence-electron chi connectivity index (χ1n) is 3.43. The van der Waals surface area contributed by atoms with Crippen LogP contribution in [0, 0.1) is 0 Å². The van der Waals surface area contributed by atoms with E-state index in [1.807, 2.05) is 0 Å². The van der Waals surface area contributed by atoms with Gasteiger partial charge >= 0.3 is 6.09 Å². The van der Waals surface area contributed by atoms with Gasteiger partial charge in [-0.2, -0.15) is 0 Å². The van der Waals surface area contributed by atoms with Gasteiger partial charge in [-0.3, -0.25) is 10.1 Å². The van der Waals surface area contributed by atoms with E-state index in [0.29, 0.717) is 0 Å². The number of benzene rings is 1. The summed E-state index contributed by atoms with van der Waals surface area (Å²) in [4.78, 5) is 21.1. The minimum Gasteiger partial charge on any atom is -0.508 e. The predicted octanol–water partition coefficient (Wildman–Crippen LogP) is 0.800. The SMILES string of the molecule is O=C(O)NC(=O)c1ccc(O)cc1. The molecule has 0 saturated heterocycles. The van der Waals surface area contributed by atoms with E-state index >= 15 is 0 Å². The zero-order valence-corrected chi connectivity index (χ0v) is 6.52. The Morgan fingerprint density at radius 2 is 1.69 bits per heavy atom. The lowest BCUT2D eigenvalue weighted by Gasteiger charge is -1.99. The standard InChI is InChI=1S/C8H7NO4/c10-6-3-1-5(2-4-6)7(11)9-8(12)13/h1-4,10H,(H,9,11)(H,12,13). The second kappa shape index (κ2) is 3.57. The third-order valence-electron chi connectivity index (χ3n) is 1.35. The molecule has 0 atom stereocenters. The summed E-state index contributed by atoms with van der Waals surface area (Å²) < 4.78 is 0. The number of carbonyl (C=O) groups excluding carboxylic acids is 1. The maximum Gasteiger partial charge on any atom is 0.411 e. The van der Waals surface area contributed by atoms with Crippen LogP contribution in [0.5, 0.6) is 5.75 Å². The van der Waals surface area contributed by atoms with Gasteiger partial charge in [-0.05, 0) is 24.3 Å². The Hall–Kier alpha value is -2.04. The average Bonchev–Trinajstić information content (AvgIpc) is 2.04. The second-order valence-electron chi connectivity index (χ2n) is 2.31. The van der Waals surface area contributed by atoms with Crippen LogP contribution in [0.25, 0.3) is 0 Å². The zero-order valence-electron chi connectivity index (χ0n) is 6.52. The van der Waals surface area contributed by atoms with E-state index in [9.17, 15) is 9.59 Å². The molecule has 3 N–H and O–H groups in total. The first kappa shape index (κ1) is 9.05. The summed E-state index contributed by atoms with van der Waals surface area (Å²) in [6.07, 6.45) is -1.40. The number of phenols is 1. The van der Waals surface area contributed by atoms with Crippen LogP contribution in [0.4, 0.5) is 4.79 Å². The highest BCUT2D eigenvalue weighted by molar-refractivity contribution is 6.02. The summed E-state index contributed by atoms with van der Waals surface area (Å²) in [5, 5.41) is 18.8. The largest absolute Gasteiger partial charge is 0.508 e. The molecule has 1 rings (SSSR count). The molecular weight excluding hydrogens is 174 g/mol. The Labute approximate surface area is 73.6 Å². The maximum atomic E-state index is 11.0. The summed E-state index contributed by atoms with van der Waals surface area (Å²) in [7, 11) is 0. The summed E-state index contributed by atoms with van der Waals surface area (Å²) >= 11 is 0. The van der Waals surface area contributed by atoms with Gasteiger partial charge in [0, 0.05) is 5.56 Å². The number of carboxylic acid groups (broad SMARTS) is 1. The van der Waals surface area contributed by atoms with Gasteiger partial charge in [0.25, 0.3) is 5.91 Å². The van der Waals surface area contributed by atoms with Gasteiger partial charge in [0.05, 0.1) is 0 Å². The number of carbonyl (C=O) groups is 2. The van der Waals surface area contributed by atoms with Crippen LogP contribution in [-0.4, -0.2) is 22.2 Å². The van der Waals surface area contributed by atoms with E-state index in [1.165, 1.54) is 24.3 Å². The lowest BCUT2D eigenvalue weighted by molar-refractivity contribution is 0.0948. The van der Waals surface area contributed by atoms with Crippen LogP contribution >= 0.6 is 0 Å². The van der Waals surface area contributed by atoms with Crippen LogP contribution in [-0.2, 0) is 0 Å². The van der Waals surface area contributed by atoms with Gasteiger partial charge in [0.1, 0.15) is 5.75 Å². The Balaban J connectivity index is 2.78. The fraction of sp³-hybridized carbons (Fsp3) is 0. The minimum atomic E-state index is -1.40. The number of hydrogen-bond acceptors (Lipinski definition) is 3. The molecule has 0 spiro atoms. The van der Waals surface area contributed by atoms with Crippen molar-refractivity contribution in [2.75, 3.05) is 0 Å². The maximum absolute atomic E-state index is 11.0. The van der Waals surface area contributed by atoms with Crippen LogP contribution < -0.4 is 5.32 Å². The molecule has 0 saturated carbocycles. The van der Waals surface area contributed by atoms with Crippen molar-refractivity contribution in [3.63, 3.8) is 0 Å². The molecular formula is C8H7NO4. The van der Waals surface area contributed by atoms with Gasteiger partial charge in [-0.1, -0.05) is 0 Å². The highest BCUT2D eigenvalue weighted by Crippen LogP contribution is 2.09. The predicted molar refractivity (Wildman–Crippen MR) is 43.6 cm³/mol. The summed E-state index contributed by atoms with van der Waals surface area (Å²) in [5.41, 5.74) is 0.181. The number of amides is 2.